The summed E-state index contributed by atoms with van der Waals surface area (Å²) < 4.78 is 1.92. The maximum atomic E-state index is 7.79. The number of thiazole rings is 1. The fourth-order valence-electron chi connectivity index (χ4n) is 1.50. The normalized spacial score (nSPS) is 9.71. The van der Waals surface area contributed by atoms with Crippen LogP contribution in [-0.2, 0) is 6.54 Å². The Bertz CT molecular complexity index is 557. The fourth-order valence-corrected chi connectivity index (χ4v) is 2.42. The van der Waals surface area contributed by atoms with Crippen molar-refractivity contribution in [3.8, 4) is 11.3 Å². The van der Waals surface area contributed by atoms with E-state index in [2.05, 4.69) is 6.58 Å². The first-order valence-electron chi connectivity index (χ1n) is 4.82. The van der Waals surface area contributed by atoms with Crippen molar-refractivity contribution in [2.75, 3.05) is 0 Å². The number of hydrogen-bond acceptors (Lipinski definition) is 2. The first kappa shape index (κ1) is 14.2. The van der Waals surface area contributed by atoms with Gasteiger partial charge in [-0.2, -0.15) is 0 Å². The zero-order valence-corrected chi connectivity index (χ0v) is 12.3. The van der Waals surface area contributed by atoms with Gasteiger partial charge in [-0.15, -0.1) is 34.9 Å². The molecule has 90 valence electrons. The van der Waals surface area contributed by atoms with Crippen molar-refractivity contribution in [2.24, 2.45) is 0 Å². The van der Waals surface area contributed by atoms with E-state index >= 15 is 0 Å². The second-order valence-electron chi connectivity index (χ2n) is 3.33. The molecule has 1 aromatic heterocycles. The number of halogens is 2. The van der Waals surface area contributed by atoms with Gasteiger partial charge < -0.3 is 4.57 Å². The summed E-state index contributed by atoms with van der Waals surface area (Å²) in [7, 11) is 0. The molecular formula is C12H12BrClN2S. The number of aromatic nitrogens is 1. The Morgan fingerprint density at radius 1 is 1.35 bits per heavy atom. The summed E-state index contributed by atoms with van der Waals surface area (Å²) in [5, 5.41) is 10.5. The molecule has 0 amide bonds. The van der Waals surface area contributed by atoms with Crippen LogP contribution < -0.4 is 4.80 Å². The summed E-state index contributed by atoms with van der Waals surface area (Å²) in [4.78, 5) is 0.532. The Balaban J connectivity index is 0.00000144. The molecule has 0 aliphatic heterocycles. The minimum absolute atomic E-state index is 0. The Morgan fingerprint density at radius 2 is 2.00 bits per heavy atom. The molecule has 1 heterocycles. The highest BCUT2D eigenvalue weighted by Gasteiger charge is 2.05. The highest BCUT2D eigenvalue weighted by molar-refractivity contribution is 8.93. The van der Waals surface area contributed by atoms with Crippen molar-refractivity contribution >= 4 is 39.9 Å². The van der Waals surface area contributed by atoms with Crippen molar-refractivity contribution in [1.82, 2.24) is 4.57 Å². The van der Waals surface area contributed by atoms with Gasteiger partial charge in [-0.3, -0.25) is 5.41 Å². The lowest BCUT2D eigenvalue weighted by Gasteiger charge is -2.05. The Kier molecular flexibility index (Phi) is 5.18. The predicted molar refractivity (Wildman–Crippen MR) is 79.1 cm³/mol. The van der Waals surface area contributed by atoms with Gasteiger partial charge in [0.05, 0.1) is 5.69 Å². The smallest absolute Gasteiger partial charge is 0.182 e. The van der Waals surface area contributed by atoms with Crippen LogP contribution >= 0.6 is 39.9 Å². The molecule has 1 aromatic carbocycles. The number of hydrogen-bond donors (Lipinski definition) is 1. The number of nitrogens with one attached hydrogen (secondary N) is 1. The third-order valence-electron chi connectivity index (χ3n) is 2.27. The zero-order valence-electron chi connectivity index (χ0n) is 9.02. The van der Waals surface area contributed by atoms with E-state index in [0.29, 0.717) is 11.3 Å². The van der Waals surface area contributed by atoms with Crippen molar-refractivity contribution in [3.05, 3.63) is 52.1 Å². The first-order valence-corrected chi connectivity index (χ1v) is 6.08. The van der Waals surface area contributed by atoms with Crippen LogP contribution in [0.15, 0.2) is 42.3 Å². The minimum Gasteiger partial charge on any atom is -0.313 e. The molecule has 0 fully saturated rings. The SMILES string of the molecule is Br.C=CCn1c(-c2ccc(Cl)cc2)csc1=N. The predicted octanol–water partition coefficient (Wildman–Crippen LogP) is 4.11. The van der Waals surface area contributed by atoms with E-state index in [1.165, 1.54) is 11.3 Å². The highest BCUT2D eigenvalue weighted by atomic mass is 79.9. The van der Waals surface area contributed by atoms with Gasteiger partial charge >= 0.3 is 0 Å². The molecule has 0 saturated heterocycles. The maximum absolute atomic E-state index is 7.79. The number of nitrogens with zero attached hydrogens (tertiary/aromatic N) is 1. The summed E-state index contributed by atoms with van der Waals surface area (Å²) in [5.74, 6) is 0. The zero-order chi connectivity index (χ0) is 11.5. The number of allylic oxidation sites excluding steroid dienone is 1. The van der Waals surface area contributed by atoms with Crippen molar-refractivity contribution in [2.45, 2.75) is 6.54 Å². The summed E-state index contributed by atoms with van der Waals surface area (Å²) in [6.45, 7) is 4.36. The topological polar surface area (TPSA) is 28.8 Å². The fraction of sp³-hybridized carbons (Fsp3) is 0.0833. The van der Waals surface area contributed by atoms with Gasteiger partial charge in [-0.05, 0) is 17.7 Å². The van der Waals surface area contributed by atoms with E-state index in [9.17, 15) is 0 Å². The van der Waals surface area contributed by atoms with Crippen LogP contribution in [0.25, 0.3) is 11.3 Å². The molecule has 0 aliphatic rings. The molecule has 17 heavy (non-hydrogen) atoms. The average Bonchev–Trinajstić information content (AvgIpc) is 2.63. The molecule has 0 atom stereocenters. The number of benzene rings is 1. The van der Waals surface area contributed by atoms with Crippen LogP contribution in [0.1, 0.15) is 0 Å². The lowest BCUT2D eigenvalue weighted by Crippen LogP contribution is -2.13. The summed E-state index contributed by atoms with van der Waals surface area (Å²) in [6, 6.07) is 7.64. The molecule has 0 unspecified atom stereocenters. The van der Waals surface area contributed by atoms with Gasteiger partial charge in [0.1, 0.15) is 0 Å². The molecule has 0 bridgehead atoms. The molecule has 0 aliphatic carbocycles. The summed E-state index contributed by atoms with van der Waals surface area (Å²) >= 11 is 7.27. The molecule has 2 rings (SSSR count). The van der Waals surface area contributed by atoms with Crippen LogP contribution in [0.2, 0.25) is 5.02 Å². The quantitative estimate of drug-likeness (QED) is 0.820. The van der Waals surface area contributed by atoms with Gasteiger partial charge in [-0.25, -0.2) is 0 Å². The van der Waals surface area contributed by atoms with Crippen molar-refractivity contribution < 1.29 is 0 Å². The van der Waals surface area contributed by atoms with E-state index in [0.717, 1.165) is 16.3 Å². The lowest BCUT2D eigenvalue weighted by molar-refractivity contribution is 0.788. The average molecular weight is 332 g/mol. The van der Waals surface area contributed by atoms with Crippen molar-refractivity contribution in [1.29, 1.82) is 5.41 Å². The van der Waals surface area contributed by atoms with E-state index in [-0.39, 0.29) is 17.0 Å². The van der Waals surface area contributed by atoms with Gasteiger partial charge in [-0.1, -0.05) is 29.8 Å². The van der Waals surface area contributed by atoms with Crippen LogP contribution in [0.4, 0.5) is 0 Å². The van der Waals surface area contributed by atoms with E-state index < -0.39 is 0 Å². The molecule has 2 nitrogen and oxygen atoms in total. The standard InChI is InChI=1S/C12H11ClN2S.BrH/c1-2-7-15-11(8-16-12(15)14)9-3-5-10(13)6-4-9;/h2-6,8,14H,1,7H2;1H. The Morgan fingerprint density at radius 3 is 2.59 bits per heavy atom. The second kappa shape index (κ2) is 6.19. The lowest BCUT2D eigenvalue weighted by atomic mass is 10.2. The molecule has 0 radical (unpaired) electrons. The maximum Gasteiger partial charge on any atom is 0.182 e. The van der Waals surface area contributed by atoms with Crippen LogP contribution in [-0.4, -0.2) is 4.57 Å². The molecular weight excluding hydrogens is 320 g/mol. The summed E-state index contributed by atoms with van der Waals surface area (Å²) in [5.41, 5.74) is 2.10. The minimum atomic E-state index is 0. The largest absolute Gasteiger partial charge is 0.313 e. The van der Waals surface area contributed by atoms with Gasteiger partial charge in [0.2, 0.25) is 0 Å². The number of rotatable bonds is 3. The van der Waals surface area contributed by atoms with Crippen molar-refractivity contribution in [3.63, 3.8) is 0 Å². The van der Waals surface area contributed by atoms with E-state index in [1.54, 1.807) is 6.08 Å². The molecule has 1 N–H and O–H groups in total. The van der Waals surface area contributed by atoms with Gasteiger partial charge in [0, 0.05) is 16.9 Å². The monoisotopic (exact) mass is 330 g/mol. The summed E-state index contributed by atoms with van der Waals surface area (Å²) in [6.07, 6.45) is 1.80. The Hall–Kier alpha value is -0.840. The molecule has 0 spiro atoms. The van der Waals surface area contributed by atoms with E-state index in [4.69, 9.17) is 17.0 Å². The second-order valence-corrected chi connectivity index (χ2v) is 4.63. The first-order chi connectivity index (χ1) is 7.72. The third kappa shape index (κ3) is 3.09. The molecule has 0 saturated carbocycles. The van der Waals surface area contributed by atoms with Gasteiger partial charge in [0.25, 0.3) is 0 Å². The Labute approximate surface area is 119 Å². The van der Waals surface area contributed by atoms with Crippen LogP contribution in [0.5, 0.6) is 0 Å². The van der Waals surface area contributed by atoms with Crippen LogP contribution in [0.3, 0.4) is 0 Å². The van der Waals surface area contributed by atoms with Gasteiger partial charge in [0.15, 0.2) is 4.80 Å². The third-order valence-corrected chi connectivity index (χ3v) is 3.31. The molecule has 5 heteroatoms. The van der Waals surface area contributed by atoms with E-state index in [1.807, 2.05) is 34.2 Å². The van der Waals surface area contributed by atoms with Crippen LogP contribution in [0, 0.1) is 5.41 Å². The molecule has 2 aromatic rings. The highest BCUT2D eigenvalue weighted by Crippen LogP contribution is 2.21.